The number of hydrogen-bond donors (Lipinski definition) is 1. The van der Waals surface area contributed by atoms with Crippen LogP contribution >= 0.6 is 15.9 Å². The van der Waals surface area contributed by atoms with Crippen molar-refractivity contribution in [3.8, 4) is 0 Å². The molecule has 0 saturated carbocycles. The molecule has 106 valence electrons. The van der Waals surface area contributed by atoms with Crippen molar-refractivity contribution in [1.82, 2.24) is 4.90 Å². The van der Waals surface area contributed by atoms with Crippen LogP contribution in [0.15, 0.2) is 28.7 Å². The molecule has 0 spiro atoms. The van der Waals surface area contributed by atoms with Crippen LogP contribution in [0.5, 0.6) is 0 Å². The molecule has 1 fully saturated rings. The first-order chi connectivity index (χ1) is 9.34. The van der Waals surface area contributed by atoms with E-state index in [1.807, 2.05) is 0 Å². The summed E-state index contributed by atoms with van der Waals surface area (Å²) in [6.45, 7) is 6.32. The molecule has 1 aromatic rings. The van der Waals surface area contributed by atoms with Crippen LogP contribution in [0.3, 0.4) is 0 Å². The zero-order valence-electron chi connectivity index (χ0n) is 11.4. The molecule has 1 heterocycles. The highest BCUT2D eigenvalue weighted by Gasteiger charge is 2.08. The van der Waals surface area contributed by atoms with Gasteiger partial charge in [0.1, 0.15) is 0 Å². The molecule has 0 aromatic heterocycles. The molecule has 0 bridgehead atoms. The zero-order chi connectivity index (χ0) is 13.3. The van der Waals surface area contributed by atoms with Gasteiger partial charge in [-0.3, -0.25) is 4.90 Å². The maximum absolute atomic E-state index is 5.35. The monoisotopic (exact) mass is 326 g/mol. The van der Waals surface area contributed by atoms with Gasteiger partial charge in [-0.15, -0.1) is 0 Å². The summed E-state index contributed by atoms with van der Waals surface area (Å²) in [6.07, 6.45) is 3.82. The number of nitrogens with one attached hydrogen (secondary N) is 1. The first-order valence-electron chi connectivity index (χ1n) is 7.14. The second-order valence-corrected chi connectivity index (χ2v) is 5.86. The van der Waals surface area contributed by atoms with Gasteiger partial charge in [0.25, 0.3) is 0 Å². The fraction of sp³-hybridized carbons (Fsp3) is 0.600. The van der Waals surface area contributed by atoms with Crippen LogP contribution in [-0.4, -0.2) is 44.3 Å². The van der Waals surface area contributed by atoms with Gasteiger partial charge < -0.3 is 10.1 Å². The van der Waals surface area contributed by atoms with Crippen molar-refractivity contribution in [1.29, 1.82) is 0 Å². The number of anilines is 1. The molecule has 2 rings (SSSR count). The predicted octanol–water partition coefficient (Wildman–Crippen LogP) is 3.36. The van der Waals surface area contributed by atoms with Gasteiger partial charge in [0, 0.05) is 29.8 Å². The van der Waals surface area contributed by atoms with Crippen LogP contribution < -0.4 is 5.32 Å². The lowest BCUT2D eigenvalue weighted by Gasteiger charge is -2.26. The number of ether oxygens (including phenoxy) is 1. The van der Waals surface area contributed by atoms with E-state index in [0.29, 0.717) is 0 Å². The molecule has 0 amide bonds. The lowest BCUT2D eigenvalue weighted by molar-refractivity contribution is 0.0372. The molecule has 0 atom stereocenters. The third kappa shape index (κ3) is 5.93. The third-order valence-corrected chi connectivity index (χ3v) is 3.96. The Hall–Kier alpha value is -0.580. The lowest BCUT2D eigenvalue weighted by Crippen LogP contribution is -2.36. The molecule has 1 aliphatic rings. The molecule has 1 aromatic carbocycles. The van der Waals surface area contributed by atoms with Gasteiger partial charge in [-0.1, -0.05) is 22.4 Å². The summed E-state index contributed by atoms with van der Waals surface area (Å²) in [6, 6.07) is 8.36. The minimum absolute atomic E-state index is 0.908. The Labute approximate surface area is 124 Å². The molecule has 1 N–H and O–H groups in total. The van der Waals surface area contributed by atoms with E-state index in [2.05, 4.69) is 50.4 Å². The quantitative estimate of drug-likeness (QED) is 0.777. The molecule has 19 heavy (non-hydrogen) atoms. The van der Waals surface area contributed by atoms with E-state index < -0.39 is 0 Å². The molecule has 1 aliphatic heterocycles. The van der Waals surface area contributed by atoms with Crippen molar-refractivity contribution >= 4 is 21.6 Å². The van der Waals surface area contributed by atoms with Crippen molar-refractivity contribution in [3.63, 3.8) is 0 Å². The molecule has 3 nitrogen and oxygen atoms in total. The number of benzene rings is 1. The normalized spacial score (nSPS) is 16.5. The molecule has 1 saturated heterocycles. The van der Waals surface area contributed by atoms with Crippen molar-refractivity contribution in [2.75, 3.05) is 44.7 Å². The average molecular weight is 327 g/mol. The summed E-state index contributed by atoms with van der Waals surface area (Å²) in [5.74, 6) is 0. The average Bonchev–Trinajstić information content (AvgIpc) is 2.46. The number of hydrogen-bond acceptors (Lipinski definition) is 3. The SMILES string of the molecule is Brc1ccc(NCCCCCN2CCOCC2)cc1. The zero-order valence-corrected chi connectivity index (χ0v) is 13.0. The summed E-state index contributed by atoms with van der Waals surface area (Å²) < 4.78 is 6.48. The third-order valence-electron chi connectivity index (χ3n) is 3.43. The summed E-state index contributed by atoms with van der Waals surface area (Å²) in [5.41, 5.74) is 1.20. The van der Waals surface area contributed by atoms with E-state index in [9.17, 15) is 0 Å². The van der Waals surface area contributed by atoms with E-state index in [4.69, 9.17) is 4.74 Å². The number of halogens is 1. The minimum atomic E-state index is 0.908. The highest BCUT2D eigenvalue weighted by Crippen LogP contribution is 2.14. The van der Waals surface area contributed by atoms with Gasteiger partial charge in [0.05, 0.1) is 13.2 Å². The van der Waals surface area contributed by atoms with Crippen LogP contribution in [-0.2, 0) is 4.74 Å². The fourth-order valence-corrected chi connectivity index (χ4v) is 2.53. The molecule has 0 aliphatic carbocycles. The van der Waals surface area contributed by atoms with Gasteiger partial charge in [-0.2, -0.15) is 0 Å². The smallest absolute Gasteiger partial charge is 0.0594 e. The van der Waals surface area contributed by atoms with Crippen LogP contribution in [0.4, 0.5) is 5.69 Å². The summed E-state index contributed by atoms with van der Waals surface area (Å²) in [7, 11) is 0. The van der Waals surface area contributed by atoms with Crippen LogP contribution in [0.2, 0.25) is 0 Å². The van der Waals surface area contributed by atoms with Gasteiger partial charge in [-0.05, 0) is 43.7 Å². The summed E-state index contributed by atoms with van der Waals surface area (Å²) >= 11 is 3.44. The van der Waals surface area contributed by atoms with Gasteiger partial charge in [0.2, 0.25) is 0 Å². The molecule has 4 heteroatoms. The minimum Gasteiger partial charge on any atom is -0.385 e. The van der Waals surface area contributed by atoms with E-state index in [1.54, 1.807) is 0 Å². The van der Waals surface area contributed by atoms with Crippen LogP contribution in [0.25, 0.3) is 0 Å². The van der Waals surface area contributed by atoms with Gasteiger partial charge in [-0.25, -0.2) is 0 Å². The maximum Gasteiger partial charge on any atom is 0.0594 e. The Kier molecular flexibility index (Phi) is 6.68. The first-order valence-corrected chi connectivity index (χ1v) is 7.93. The molecular weight excluding hydrogens is 304 g/mol. The summed E-state index contributed by atoms with van der Waals surface area (Å²) in [5, 5.41) is 3.46. The van der Waals surface area contributed by atoms with Crippen molar-refractivity contribution < 1.29 is 4.74 Å². The second-order valence-electron chi connectivity index (χ2n) is 4.95. The van der Waals surface area contributed by atoms with Crippen LogP contribution in [0.1, 0.15) is 19.3 Å². The number of unbranched alkanes of at least 4 members (excludes halogenated alkanes) is 2. The van der Waals surface area contributed by atoms with Crippen LogP contribution in [0, 0.1) is 0 Å². The van der Waals surface area contributed by atoms with E-state index in [-0.39, 0.29) is 0 Å². The van der Waals surface area contributed by atoms with Crippen molar-refractivity contribution in [3.05, 3.63) is 28.7 Å². The standard InChI is InChI=1S/C15H23BrN2O/c16-14-4-6-15(7-5-14)17-8-2-1-3-9-18-10-12-19-13-11-18/h4-7,17H,1-3,8-13H2. The van der Waals surface area contributed by atoms with E-state index in [0.717, 1.165) is 37.3 Å². The largest absolute Gasteiger partial charge is 0.385 e. The van der Waals surface area contributed by atoms with E-state index >= 15 is 0 Å². The highest BCUT2D eigenvalue weighted by atomic mass is 79.9. The van der Waals surface area contributed by atoms with E-state index in [1.165, 1.54) is 31.5 Å². The fourth-order valence-electron chi connectivity index (χ4n) is 2.26. The highest BCUT2D eigenvalue weighted by molar-refractivity contribution is 9.10. The maximum atomic E-state index is 5.35. The Morgan fingerprint density at radius 3 is 2.53 bits per heavy atom. The Morgan fingerprint density at radius 2 is 1.79 bits per heavy atom. The predicted molar refractivity (Wildman–Crippen MR) is 83.7 cm³/mol. The molecule has 0 unspecified atom stereocenters. The Morgan fingerprint density at radius 1 is 1.05 bits per heavy atom. The molecular formula is C15H23BrN2O. The topological polar surface area (TPSA) is 24.5 Å². The van der Waals surface area contributed by atoms with Gasteiger partial charge >= 0.3 is 0 Å². The van der Waals surface area contributed by atoms with Crippen molar-refractivity contribution in [2.45, 2.75) is 19.3 Å². The number of rotatable bonds is 7. The summed E-state index contributed by atoms with van der Waals surface area (Å²) in [4.78, 5) is 2.51. The second kappa shape index (κ2) is 8.56. The Bertz CT molecular complexity index is 350. The van der Waals surface area contributed by atoms with Crippen molar-refractivity contribution in [2.24, 2.45) is 0 Å². The van der Waals surface area contributed by atoms with Gasteiger partial charge in [0.15, 0.2) is 0 Å². The Balaban J connectivity index is 1.49. The number of nitrogens with zero attached hydrogens (tertiary/aromatic N) is 1. The lowest BCUT2D eigenvalue weighted by atomic mass is 10.2. The molecule has 0 radical (unpaired) electrons. The first kappa shape index (κ1) is 14.8. The number of morpholine rings is 1.